The number of unbranched alkanes of at least 4 members (excludes halogenated alkanes) is 1. The summed E-state index contributed by atoms with van der Waals surface area (Å²) in [5.74, 6) is -7.51. The van der Waals surface area contributed by atoms with Crippen LogP contribution in [0.1, 0.15) is 42.9 Å². The lowest BCUT2D eigenvalue weighted by molar-refractivity contribution is -0.184. The van der Waals surface area contributed by atoms with Crippen molar-refractivity contribution in [2.75, 3.05) is 33.1 Å². The van der Waals surface area contributed by atoms with E-state index in [4.69, 9.17) is 5.73 Å². The lowest BCUT2D eigenvalue weighted by atomic mass is 9.54. The van der Waals surface area contributed by atoms with Gasteiger partial charge in [0.2, 0.25) is 11.7 Å². The van der Waals surface area contributed by atoms with Crippen molar-refractivity contribution in [3.8, 4) is 16.9 Å². The smallest absolute Gasteiger partial charge is 0.230 e. The second kappa shape index (κ2) is 11.1. The first-order valence-corrected chi connectivity index (χ1v) is 14.8. The number of phenols is 1. The number of aromatic hydroxyl groups is 1. The number of carbonyl (C=O) groups excluding carboxylic acids is 3. The van der Waals surface area contributed by atoms with Crippen molar-refractivity contribution in [3.05, 3.63) is 52.6 Å². The summed E-state index contributed by atoms with van der Waals surface area (Å²) in [6, 6.07) is 8.78. The molecule has 3 aliphatic carbocycles. The molecule has 0 spiro atoms. The Kier molecular flexibility index (Phi) is 7.91. The van der Waals surface area contributed by atoms with Gasteiger partial charge in [-0.15, -0.1) is 0 Å². The quantitative estimate of drug-likeness (QED) is 0.304. The molecule has 0 bridgehead atoms. The van der Waals surface area contributed by atoms with Gasteiger partial charge in [-0.25, -0.2) is 0 Å². The third kappa shape index (κ3) is 4.63. The highest BCUT2D eigenvalue weighted by molar-refractivity contribution is 6.25. The molecule has 6 N–H and O–H groups in total. The van der Waals surface area contributed by atoms with E-state index in [1.54, 1.807) is 19.0 Å². The molecule has 0 aliphatic heterocycles. The number of rotatable bonds is 7. The van der Waals surface area contributed by atoms with Crippen LogP contribution in [-0.4, -0.2) is 88.7 Å². The number of benzene rings is 2. The number of amides is 1. The third-order valence-electron chi connectivity index (χ3n) is 9.63. The Labute approximate surface area is 251 Å². The highest BCUT2D eigenvalue weighted by Gasteiger charge is 2.67. The molecule has 0 aromatic heterocycles. The summed E-state index contributed by atoms with van der Waals surface area (Å²) in [5.41, 5.74) is 6.45. The fourth-order valence-corrected chi connectivity index (χ4v) is 7.50. The van der Waals surface area contributed by atoms with Gasteiger partial charge in [0.05, 0.1) is 11.7 Å². The van der Waals surface area contributed by atoms with Crippen molar-refractivity contribution < 1.29 is 34.8 Å². The summed E-state index contributed by atoms with van der Waals surface area (Å²) in [5, 5.41) is 46.2. The van der Waals surface area contributed by atoms with E-state index >= 15 is 0 Å². The van der Waals surface area contributed by atoms with Crippen molar-refractivity contribution in [2.24, 2.45) is 23.5 Å². The average molecular weight is 592 g/mol. The zero-order valence-electron chi connectivity index (χ0n) is 25.3. The van der Waals surface area contributed by atoms with Crippen LogP contribution in [0.4, 0.5) is 5.69 Å². The summed E-state index contributed by atoms with van der Waals surface area (Å²) in [4.78, 5) is 43.5. The van der Waals surface area contributed by atoms with Crippen molar-refractivity contribution in [3.63, 3.8) is 0 Å². The molecule has 2 saturated carbocycles. The number of fused-ring (bicyclic) bond motifs is 3. The van der Waals surface area contributed by atoms with E-state index in [0.717, 1.165) is 30.5 Å². The summed E-state index contributed by atoms with van der Waals surface area (Å²) >= 11 is 0. The van der Waals surface area contributed by atoms with E-state index in [1.807, 2.05) is 49.3 Å². The number of nitrogens with two attached hydrogens (primary N) is 1. The zero-order valence-corrected chi connectivity index (χ0v) is 25.3. The number of aryl methyl sites for hydroxylation is 1. The van der Waals surface area contributed by atoms with Crippen LogP contribution in [0.15, 0.2) is 35.9 Å². The first kappa shape index (κ1) is 30.7. The van der Waals surface area contributed by atoms with Crippen molar-refractivity contribution in [1.82, 2.24) is 4.90 Å². The number of hydrogen-bond donors (Lipinski definition) is 5. The van der Waals surface area contributed by atoms with Gasteiger partial charge in [-0.05, 0) is 68.5 Å². The number of carbonyl (C=O) groups is 3. The Bertz CT molecular complexity index is 1510. The number of primary amides is 1. The minimum Gasteiger partial charge on any atom is -0.507 e. The molecule has 2 aromatic rings. The second-order valence-electron chi connectivity index (χ2n) is 12.6. The molecule has 230 valence electrons. The minimum absolute atomic E-state index is 0.0762. The predicted octanol–water partition coefficient (Wildman–Crippen LogP) is 2.20. The SMILES string of the molecule is CCCCc1ccc(-c2cc(N(C)C)c3c(c2O)C(O)=C2C(=O)[C@@]4(O)C(=O)C(C(N)=O)C(O)[C@H](N(C)C)[C@H]4C[C@H]2C3)cc1. The van der Waals surface area contributed by atoms with Crippen LogP contribution >= 0.6 is 0 Å². The van der Waals surface area contributed by atoms with E-state index in [-0.39, 0.29) is 29.7 Å². The summed E-state index contributed by atoms with van der Waals surface area (Å²) in [6.45, 7) is 2.13. The number of aliphatic hydroxyl groups is 3. The maximum absolute atomic E-state index is 14.2. The summed E-state index contributed by atoms with van der Waals surface area (Å²) in [7, 11) is 6.97. The van der Waals surface area contributed by atoms with E-state index in [1.165, 1.54) is 5.56 Å². The third-order valence-corrected chi connectivity index (χ3v) is 9.63. The molecule has 6 atom stereocenters. The van der Waals surface area contributed by atoms with Crippen LogP contribution in [0, 0.1) is 17.8 Å². The predicted molar refractivity (Wildman–Crippen MR) is 162 cm³/mol. The first-order valence-electron chi connectivity index (χ1n) is 14.8. The van der Waals surface area contributed by atoms with Gasteiger partial charge < -0.3 is 36.0 Å². The van der Waals surface area contributed by atoms with Crippen LogP contribution in [-0.2, 0) is 27.2 Å². The Morgan fingerprint density at radius 1 is 1.09 bits per heavy atom. The molecular formula is C33H41N3O7. The first-order chi connectivity index (χ1) is 20.2. The molecule has 2 aromatic carbocycles. The van der Waals surface area contributed by atoms with Gasteiger partial charge in [-0.1, -0.05) is 37.6 Å². The van der Waals surface area contributed by atoms with Gasteiger partial charge in [-0.2, -0.15) is 0 Å². The molecule has 5 rings (SSSR count). The molecule has 43 heavy (non-hydrogen) atoms. The maximum Gasteiger partial charge on any atom is 0.230 e. The van der Waals surface area contributed by atoms with Gasteiger partial charge in [0.1, 0.15) is 17.4 Å². The van der Waals surface area contributed by atoms with Gasteiger partial charge >= 0.3 is 0 Å². The molecule has 2 unspecified atom stereocenters. The molecule has 2 fully saturated rings. The van der Waals surface area contributed by atoms with Gasteiger partial charge in [-0.3, -0.25) is 14.4 Å². The van der Waals surface area contributed by atoms with E-state index in [9.17, 15) is 34.8 Å². The van der Waals surface area contributed by atoms with Gasteiger partial charge in [0, 0.05) is 42.9 Å². The lowest BCUT2D eigenvalue weighted by Crippen LogP contribution is -2.73. The average Bonchev–Trinajstić information content (AvgIpc) is 2.93. The van der Waals surface area contributed by atoms with Crippen LogP contribution in [0.5, 0.6) is 5.75 Å². The number of nitrogens with zero attached hydrogens (tertiary/aromatic N) is 2. The molecule has 0 saturated heterocycles. The number of ketones is 2. The maximum atomic E-state index is 14.2. The standard InChI is InChI=1S/C33H41N3O7/c1-6-7-8-16-9-11-17(12-10-16)19-15-22(35(2)3)20-13-18-14-21-26(36(4)5)29(39)25(32(34)42)31(41)33(21,43)30(40)23(18)28(38)24(20)27(19)37/h9-12,15,18,21,25-26,29,37-39,43H,6-8,13-14H2,1-5H3,(H2,34,42)/t18-,21-,25?,26-,29?,33-/m1/s1. The highest BCUT2D eigenvalue weighted by atomic mass is 16.3. The van der Waals surface area contributed by atoms with E-state index < -0.39 is 58.7 Å². The Hall–Kier alpha value is -3.73. The van der Waals surface area contributed by atoms with Crippen molar-refractivity contribution in [2.45, 2.75) is 56.8 Å². The van der Waals surface area contributed by atoms with Gasteiger partial charge in [0.25, 0.3) is 0 Å². The minimum atomic E-state index is -2.68. The fraction of sp³-hybridized carbons (Fsp3) is 0.485. The molecular weight excluding hydrogens is 550 g/mol. The molecule has 0 radical (unpaired) electrons. The van der Waals surface area contributed by atoms with Crippen LogP contribution in [0.3, 0.4) is 0 Å². The van der Waals surface area contributed by atoms with E-state index in [2.05, 4.69) is 6.92 Å². The van der Waals surface area contributed by atoms with Crippen LogP contribution < -0.4 is 10.6 Å². The number of likely N-dealkylation sites (N-methyl/N-ethyl adjacent to an activating group) is 1. The molecule has 0 heterocycles. The normalized spacial score (nSPS) is 28.4. The Morgan fingerprint density at radius 2 is 1.74 bits per heavy atom. The topological polar surface area (TPSA) is 165 Å². The van der Waals surface area contributed by atoms with Crippen LogP contribution in [0.25, 0.3) is 16.9 Å². The summed E-state index contributed by atoms with van der Waals surface area (Å²) in [6.07, 6.45) is 1.88. The number of phenolic OH excluding ortho intramolecular Hbond substituents is 1. The molecule has 10 nitrogen and oxygen atoms in total. The lowest BCUT2D eigenvalue weighted by Gasteiger charge is -2.53. The number of aliphatic hydroxyl groups excluding tert-OH is 2. The molecule has 10 heteroatoms. The Morgan fingerprint density at radius 3 is 2.30 bits per heavy atom. The Balaban J connectivity index is 1.68. The number of anilines is 1. The fourth-order valence-electron chi connectivity index (χ4n) is 7.50. The number of Topliss-reactive ketones (excluding diaryl/α,β-unsaturated/α-hetero) is 2. The highest BCUT2D eigenvalue weighted by Crippen LogP contribution is 2.54. The molecule has 1 amide bonds. The van der Waals surface area contributed by atoms with Crippen molar-refractivity contribution in [1.29, 1.82) is 0 Å². The number of hydrogen-bond acceptors (Lipinski definition) is 9. The van der Waals surface area contributed by atoms with Crippen LogP contribution in [0.2, 0.25) is 0 Å². The monoisotopic (exact) mass is 591 g/mol. The summed E-state index contributed by atoms with van der Waals surface area (Å²) < 4.78 is 0. The zero-order chi connectivity index (χ0) is 31.5. The van der Waals surface area contributed by atoms with Crippen molar-refractivity contribution >= 4 is 28.9 Å². The largest absolute Gasteiger partial charge is 0.507 e. The van der Waals surface area contributed by atoms with E-state index in [0.29, 0.717) is 11.1 Å². The second-order valence-corrected chi connectivity index (χ2v) is 12.6. The van der Waals surface area contributed by atoms with Gasteiger partial charge in [0.15, 0.2) is 11.4 Å². The molecule has 3 aliphatic rings.